The highest BCUT2D eigenvalue weighted by atomic mass is 16.4. The number of nitrogens with one attached hydrogen (secondary N) is 1. The van der Waals surface area contributed by atoms with Crippen molar-refractivity contribution in [1.29, 1.82) is 0 Å². The predicted octanol–water partition coefficient (Wildman–Crippen LogP) is 6.72. The van der Waals surface area contributed by atoms with Gasteiger partial charge in [0.2, 0.25) is 5.91 Å². The van der Waals surface area contributed by atoms with E-state index in [1.807, 2.05) is 0 Å². The largest absolute Gasteiger partial charge is 0.480 e. The number of amides is 1. The van der Waals surface area contributed by atoms with Crippen molar-refractivity contribution >= 4 is 11.9 Å². The Balaban J connectivity index is 3.36. The van der Waals surface area contributed by atoms with E-state index in [1.165, 1.54) is 77.0 Å². The van der Waals surface area contributed by atoms with Crippen LogP contribution in [0.3, 0.4) is 0 Å². The van der Waals surface area contributed by atoms with Gasteiger partial charge in [-0.1, -0.05) is 76.9 Å². The van der Waals surface area contributed by atoms with Crippen molar-refractivity contribution in [1.82, 2.24) is 10.2 Å². The van der Waals surface area contributed by atoms with Crippen molar-refractivity contribution in [3.8, 4) is 0 Å². The number of aliphatic carboxylic acids is 1. The molecule has 5 heteroatoms. The number of hydrogen-bond donors (Lipinski definition) is 2. The van der Waals surface area contributed by atoms with Gasteiger partial charge in [0.15, 0.2) is 0 Å². The normalized spacial score (nSPS) is 12.5. The van der Waals surface area contributed by atoms with E-state index in [2.05, 4.69) is 24.4 Å². The SMILES string of the molecule is CCCCCC/C=C/CCCCCCCCCCC(=O)NCCCC[C@@H](C(=O)O)N(C)C. The summed E-state index contributed by atoms with van der Waals surface area (Å²) in [5.74, 6) is -0.648. The summed E-state index contributed by atoms with van der Waals surface area (Å²) < 4.78 is 0. The Hall–Kier alpha value is -1.36. The second-order valence-corrected chi connectivity index (χ2v) is 9.35. The fourth-order valence-corrected chi connectivity index (χ4v) is 3.91. The van der Waals surface area contributed by atoms with E-state index in [-0.39, 0.29) is 5.91 Å². The first-order valence-electron chi connectivity index (χ1n) is 13.3. The van der Waals surface area contributed by atoms with Crippen LogP contribution in [0.1, 0.15) is 122 Å². The average molecular weight is 453 g/mol. The fraction of sp³-hybridized carbons (Fsp3) is 0.852. The Labute approximate surface area is 198 Å². The van der Waals surface area contributed by atoms with Crippen LogP contribution in [0.5, 0.6) is 0 Å². The Morgan fingerprint density at radius 1 is 0.781 bits per heavy atom. The molecule has 188 valence electrons. The average Bonchev–Trinajstić information content (AvgIpc) is 2.75. The molecular weight excluding hydrogens is 400 g/mol. The first kappa shape index (κ1) is 30.6. The van der Waals surface area contributed by atoms with Crippen LogP contribution >= 0.6 is 0 Å². The summed E-state index contributed by atoms with van der Waals surface area (Å²) in [6.45, 7) is 2.90. The molecule has 0 rings (SSSR count). The predicted molar refractivity (Wildman–Crippen MR) is 136 cm³/mol. The molecule has 0 aromatic rings. The van der Waals surface area contributed by atoms with E-state index in [4.69, 9.17) is 5.11 Å². The van der Waals surface area contributed by atoms with Crippen LogP contribution in [-0.4, -0.2) is 48.6 Å². The minimum atomic E-state index is -0.778. The number of hydrogen-bond acceptors (Lipinski definition) is 3. The summed E-state index contributed by atoms with van der Waals surface area (Å²) in [5, 5.41) is 12.1. The zero-order valence-corrected chi connectivity index (χ0v) is 21.4. The number of likely N-dealkylation sites (N-methyl/N-ethyl adjacent to an activating group) is 1. The molecule has 2 N–H and O–H groups in total. The minimum Gasteiger partial charge on any atom is -0.480 e. The Bertz CT molecular complexity index is 478. The number of carboxylic acid groups (broad SMARTS) is 1. The molecule has 0 bridgehead atoms. The van der Waals surface area contributed by atoms with Gasteiger partial charge in [0.1, 0.15) is 6.04 Å². The topological polar surface area (TPSA) is 69.6 Å². The van der Waals surface area contributed by atoms with Gasteiger partial charge in [0.05, 0.1) is 0 Å². The number of allylic oxidation sites excluding steroid dienone is 2. The summed E-state index contributed by atoms with van der Waals surface area (Å²) in [6.07, 6.45) is 25.4. The molecule has 0 heterocycles. The minimum absolute atomic E-state index is 0.130. The van der Waals surface area contributed by atoms with Gasteiger partial charge in [-0.3, -0.25) is 14.5 Å². The third-order valence-corrected chi connectivity index (χ3v) is 6.05. The van der Waals surface area contributed by atoms with E-state index in [0.29, 0.717) is 19.4 Å². The Morgan fingerprint density at radius 3 is 1.84 bits per heavy atom. The molecule has 0 radical (unpaired) electrons. The summed E-state index contributed by atoms with van der Waals surface area (Å²) in [7, 11) is 3.58. The van der Waals surface area contributed by atoms with Crippen molar-refractivity contribution in [2.45, 2.75) is 129 Å². The highest BCUT2D eigenvalue weighted by molar-refractivity contribution is 5.75. The third-order valence-electron chi connectivity index (χ3n) is 6.05. The van der Waals surface area contributed by atoms with Crippen molar-refractivity contribution in [3.05, 3.63) is 12.2 Å². The van der Waals surface area contributed by atoms with Crippen LogP contribution in [0.2, 0.25) is 0 Å². The molecule has 32 heavy (non-hydrogen) atoms. The number of nitrogens with zero attached hydrogens (tertiary/aromatic N) is 1. The van der Waals surface area contributed by atoms with Gasteiger partial charge in [0, 0.05) is 13.0 Å². The van der Waals surface area contributed by atoms with Crippen LogP contribution in [0.15, 0.2) is 12.2 Å². The number of carbonyl (C=O) groups is 2. The van der Waals surface area contributed by atoms with Crippen molar-refractivity contribution in [3.63, 3.8) is 0 Å². The Kier molecular flexibility index (Phi) is 21.9. The molecule has 0 aliphatic heterocycles. The first-order chi connectivity index (χ1) is 15.5. The molecule has 1 amide bonds. The standard InChI is InChI=1S/C27H52N2O3/c1-4-5-6-7-8-9-10-11-12-13-14-15-16-17-18-19-23-26(30)28-24-21-20-22-25(27(31)32)29(2)3/h9-10,25H,4-8,11-24H2,1-3H3,(H,28,30)(H,31,32)/b10-9+/t25-/m0/s1. The molecule has 1 atom stereocenters. The molecule has 0 saturated heterocycles. The van der Waals surface area contributed by atoms with Crippen LogP contribution in [-0.2, 0) is 9.59 Å². The monoisotopic (exact) mass is 452 g/mol. The van der Waals surface area contributed by atoms with Crippen molar-refractivity contribution in [2.75, 3.05) is 20.6 Å². The molecule has 0 saturated carbocycles. The molecule has 0 fully saturated rings. The van der Waals surface area contributed by atoms with Gasteiger partial charge in [-0.05, 0) is 65.5 Å². The quantitative estimate of drug-likeness (QED) is 0.133. The van der Waals surface area contributed by atoms with Gasteiger partial charge >= 0.3 is 5.97 Å². The molecule has 0 aliphatic rings. The second-order valence-electron chi connectivity index (χ2n) is 9.35. The highest BCUT2D eigenvalue weighted by Gasteiger charge is 2.18. The number of carbonyl (C=O) groups excluding carboxylic acids is 1. The highest BCUT2D eigenvalue weighted by Crippen LogP contribution is 2.11. The van der Waals surface area contributed by atoms with Gasteiger partial charge in [0.25, 0.3) is 0 Å². The number of unbranched alkanes of at least 4 members (excludes halogenated alkanes) is 13. The third kappa shape index (κ3) is 20.5. The molecule has 5 nitrogen and oxygen atoms in total. The zero-order valence-electron chi connectivity index (χ0n) is 21.4. The van der Waals surface area contributed by atoms with Gasteiger partial charge in [-0.15, -0.1) is 0 Å². The summed E-state index contributed by atoms with van der Waals surface area (Å²) in [5.41, 5.74) is 0. The first-order valence-corrected chi connectivity index (χ1v) is 13.3. The summed E-state index contributed by atoms with van der Waals surface area (Å²) in [4.78, 5) is 24.7. The maximum atomic E-state index is 11.9. The van der Waals surface area contributed by atoms with Crippen LogP contribution < -0.4 is 5.32 Å². The lowest BCUT2D eigenvalue weighted by Crippen LogP contribution is -2.35. The lowest BCUT2D eigenvalue weighted by Gasteiger charge is -2.19. The van der Waals surface area contributed by atoms with E-state index < -0.39 is 12.0 Å². The summed E-state index contributed by atoms with van der Waals surface area (Å²) in [6, 6.07) is -0.437. The van der Waals surface area contributed by atoms with Crippen molar-refractivity contribution in [2.24, 2.45) is 0 Å². The zero-order chi connectivity index (χ0) is 23.9. The van der Waals surface area contributed by atoms with Crippen LogP contribution in [0, 0.1) is 0 Å². The van der Waals surface area contributed by atoms with Gasteiger partial charge < -0.3 is 10.4 Å². The molecule has 0 spiro atoms. The fourth-order valence-electron chi connectivity index (χ4n) is 3.91. The van der Waals surface area contributed by atoms with Gasteiger partial charge in [-0.25, -0.2) is 0 Å². The maximum absolute atomic E-state index is 11.9. The second kappa shape index (κ2) is 22.8. The molecule has 0 aromatic carbocycles. The Morgan fingerprint density at radius 2 is 1.31 bits per heavy atom. The molecule has 0 aromatic heterocycles. The molecular formula is C27H52N2O3. The van der Waals surface area contributed by atoms with E-state index in [0.717, 1.165) is 25.7 Å². The molecule has 0 aliphatic carbocycles. The summed E-state index contributed by atoms with van der Waals surface area (Å²) >= 11 is 0. The lowest BCUT2D eigenvalue weighted by molar-refractivity contribution is -0.142. The lowest BCUT2D eigenvalue weighted by atomic mass is 10.1. The van der Waals surface area contributed by atoms with E-state index in [1.54, 1.807) is 19.0 Å². The van der Waals surface area contributed by atoms with Crippen LogP contribution in [0.4, 0.5) is 0 Å². The van der Waals surface area contributed by atoms with Crippen LogP contribution in [0.25, 0.3) is 0 Å². The van der Waals surface area contributed by atoms with E-state index >= 15 is 0 Å². The molecule has 0 unspecified atom stereocenters. The maximum Gasteiger partial charge on any atom is 0.320 e. The number of carboxylic acids is 1. The number of rotatable bonds is 23. The smallest absolute Gasteiger partial charge is 0.320 e. The van der Waals surface area contributed by atoms with E-state index in [9.17, 15) is 9.59 Å². The van der Waals surface area contributed by atoms with Gasteiger partial charge in [-0.2, -0.15) is 0 Å². The van der Waals surface area contributed by atoms with Crippen molar-refractivity contribution < 1.29 is 14.7 Å².